The molecule has 16 nitrogen and oxygen atoms in total. The smallest absolute Gasteiger partial charge is 0.491 e. The van der Waals surface area contributed by atoms with Crippen molar-refractivity contribution in [2.24, 2.45) is 0 Å². The van der Waals surface area contributed by atoms with Gasteiger partial charge in [-0.05, 0) is 100 Å². The number of halogens is 2. The maximum atomic E-state index is 18.2. The molecule has 0 spiro atoms. The molecule has 0 unspecified atom stereocenters. The van der Waals surface area contributed by atoms with Crippen LogP contribution in [-0.2, 0) is 45.1 Å². The summed E-state index contributed by atoms with van der Waals surface area (Å²) in [5, 5.41) is 18.1. The monoisotopic (exact) mass is 1040 g/mol. The predicted molar refractivity (Wildman–Crippen MR) is 288 cm³/mol. The SMILES string of the molecule is CC1=C(c2ccc(CN(C)Cc3ccccn3)nc2)C(C)=[N+]2C1=C(c1cc(OCCOCCOCCO)cc(OCCOCCOCCO)c1)c1c(C)c(-c3ccc(CN(C)Cc4ccccn4)nc3)c(C)n1[B-]2(F)F. The number of aliphatic hydroxyl groups excluding tert-OH is 2. The first-order chi connectivity index (χ1) is 36.9. The van der Waals surface area contributed by atoms with Crippen molar-refractivity contribution in [2.45, 2.75) is 53.9 Å². The van der Waals surface area contributed by atoms with Crippen LogP contribution in [0.2, 0.25) is 0 Å². The fraction of sp³-hybridized carbons (Fsp3) is 0.386. The number of pyridine rings is 4. The molecule has 0 fully saturated rings. The van der Waals surface area contributed by atoms with Crippen LogP contribution in [0.3, 0.4) is 0 Å². The van der Waals surface area contributed by atoms with E-state index in [1.165, 1.54) is 8.96 Å². The van der Waals surface area contributed by atoms with E-state index < -0.39 is 6.97 Å². The molecule has 6 aromatic rings. The lowest BCUT2D eigenvalue weighted by molar-refractivity contribution is -0.363. The fourth-order valence-electron chi connectivity index (χ4n) is 10.1. The summed E-state index contributed by atoms with van der Waals surface area (Å²) in [6, 6.07) is 25.0. The van der Waals surface area contributed by atoms with Gasteiger partial charge in [-0.25, -0.2) is 0 Å². The summed E-state index contributed by atoms with van der Waals surface area (Å²) < 4.78 is 73.8. The third kappa shape index (κ3) is 13.3. The highest BCUT2D eigenvalue weighted by Gasteiger charge is 2.57. The summed E-state index contributed by atoms with van der Waals surface area (Å²) >= 11 is 0. The Hall–Kier alpha value is -6.55. The molecule has 1 aromatic carbocycles. The van der Waals surface area contributed by atoms with Crippen LogP contribution in [-0.4, -0.2) is 155 Å². The zero-order valence-electron chi connectivity index (χ0n) is 44.4. The molecule has 5 aromatic heterocycles. The van der Waals surface area contributed by atoms with E-state index in [-0.39, 0.29) is 52.9 Å². The van der Waals surface area contributed by atoms with Gasteiger partial charge in [0.05, 0.1) is 100.0 Å². The second-order valence-electron chi connectivity index (χ2n) is 18.9. The van der Waals surface area contributed by atoms with Crippen molar-refractivity contribution in [1.82, 2.24) is 34.2 Å². The van der Waals surface area contributed by atoms with Crippen LogP contribution in [0.15, 0.2) is 115 Å². The van der Waals surface area contributed by atoms with E-state index in [9.17, 15) is 0 Å². The van der Waals surface area contributed by atoms with Crippen LogP contribution in [0.5, 0.6) is 11.5 Å². The molecule has 402 valence electrons. The van der Waals surface area contributed by atoms with Gasteiger partial charge in [-0.2, -0.15) is 0 Å². The van der Waals surface area contributed by atoms with Crippen molar-refractivity contribution >= 4 is 23.8 Å². The van der Waals surface area contributed by atoms with Crippen molar-refractivity contribution < 1.29 is 51.8 Å². The summed E-state index contributed by atoms with van der Waals surface area (Å²) in [6.45, 7) is 7.68. The minimum absolute atomic E-state index is 0.0733. The molecular formula is C57H69BF2N8O8. The van der Waals surface area contributed by atoms with Gasteiger partial charge >= 0.3 is 6.97 Å². The predicted octanol–water partition coefficient (Wildman–Crippen LogP) is 7.38. The Morgan fingerprint density at radius 3 is 1.49 bits per heavy atom. The van der Waals surface area contributed by atoms with E-state index in [0.717, 1.165) is 33.9 Å². The minimum atomic E-state index is -4.50. The van der Waals surface area contributed by atoms with Crippen molar-refractivity contribution in [3.05, 3.63) is 166 Å². The van der Waals surface area contributed by atoms with Crippen LogP contribution in [0.4, 0.5) is 8.63 Å². The van der Waals surface area contributed by atoms with E-state index in [1.54, 1.807) is 44.7 Å². The fourth-order valence-corrected chi connectivity index (χ4v) is 10.1. The Bertz CT molecular complexity index is 2940. The number of hydrogen-bond acceptors (Lipinski definition) is 14. The molecule has 2 aliphatic rings. The molecule has 7 heterocycles. The summed E-state index contributed by atoms with van der Waals surface area (Å²) in [4.78, 5) is 22.9. The zero-order valence-corrected chi connectivity index (χ0v) is 44.4. The first kappa shape index (κ1) is 55.7. The lowest BCUT2D eigenvalue weighted by atomic mass is 9.83. The maximum absolute atomic E-state index is 18.2. The molecule has 0 radical (unpaired) electrons. The maximum Gasteiger partial charge on any atom is 0.737 e. The third-order valence-corrected chi connectivity index (χ3v) is 13.3. The molecule has 2 aliphatic heterocycles. The number of nitrogens with zero attached hydrogens (tertiary/aromatic N) is 8. The Kier molecular flexibility index (Phi) is 19.4. The Morgan fingerprint density at radius 1 is 0.553 bits per heavy atom. The van der Waals surface area contributed by atoms with E-state index in [4.69, 9.17) is 48.6 Å². The first-order valence-corrected chi connectivity index (χ1v) is 25.7. The lowest BCUT2D eigenvalue weighted by Gasteiger charge is -2.34. The van der Waals surface area contributed by atoms with Gasteiger partial charge < -0.3 is 56.2 Å². The molecular weight excluding hydrogens is 973 g/mol. The number of fused-ring (bicyclic) bond motifs is 2. The number of aromatic nitrogens is 5. The van der Waals surface area contributed by atoms with Gasteiger partial charge in [0.15, 0.2) is 5.70 Å². The number of ether oxygens (including phenoxy) is 6. The van der Waals surface area contributed by atoms with Gasteiger partial charge in [0.2, 0.25) is 0 Å². The second-order valence-corrected chi connectivity index (χ2v) is 18.9. The first-order valence-electron chi connectivity index (χ1n) is 25.7. The van der Waals surface area contributed by atoms with E-state index in [0.29, 0.717) is 120 Å². The van der Waals surface area contributed by atoms with Gasteiger partial charge in [-0.1, -0.05) is 24.3 Å². The van der Waals surface area contributed by atoms with E-state index in [1.807, 2.05) is 101 Å². The molecule has 0 atom stereocenters. The summed E-state index contributed by atoms with van der Waals surface area (Å²) in [5.41, 5.74) is 10.4. The summed E-state index contributed by atoms with van der Waals surface area (Å²) in [7, 11) is 4.02. The second kappa shape index (κ2) is 26.5. The number of hydrogen-bond donors (Lipinski definition) is 2. The van der Waals surface area contributed by atoms with Gasteiger partial charge in [-0.3, -0.25) is 29.7 Å². The van der Waals surface area contributed by atoms with Crippen LogP contribution in [0, 0.1) is 13.8 Å². The average Bonchev–Trinajstić information content (AvgIpc) is 4.09. The zero-order chi connectivity index (χ0) is 53.6. The number of rotatable bonds is 29. The van der Waals surface area contributed by atoms with Gasteiger partial charge in [-0.15, -0.1) is 0 Å². The lowest BCUT2D eigenvalue weighted by Crippen LogP contribution is -2.51. The van der Waals surface area contributed by atoms with Crippen LogP contribution < -0.4 is 9.47 Å². The Balaban J connectivity index is 1.20. The molecule has 0 saturated carbocycles. The Labute approximate surface area is 444 Å². The van der Waals surface area contributed by atoms with Gasteiger partial charge in [0.25, 0.3) is 0 Å². The third-order valence-electron chi connectivity index (χ3n) is 13.3. The molecule has 76 heavy (non-hydrogen) atoms. The highest BCUT2D eigenvalue weighted by atomic mass is 19.2. The normalized spacial score (nSPS) is 14.1. The molecule has 2 N–H and O–H groups in total. The van der Waals surface area contributed by atoms with Gasteiger partial charge in [0.1, 0.15) is 30.4 Å². The average molecular weight is 1040 g/mol. The Morgan fingerprint density at radius 2 is 1.03 bits per heavy atom. The molecule has 0 aliphatic carbocycles. The largest absolute Gasteiger partial charge is 0.737 e. The number of allylic oxidation sites excluding steroid dienone is 2. The highest BCUT2D eigenvalue weighted by Crippen LogP contribution is 2.50. The number of benzene rings is 1. The summed E-state index contributed by atoms with van der Waals surface area (Å²) in [6.07, 6.45) is 7.11. The molecule has 0 saturated heterocycles. The molecule has 19 heteroatoms. The van der Waals surface area contributed by atoms with Crippen molar-refractivity contribution in [3.63, 3.8) is 0 Å². The van der Waals surface area contributed by atoms with Crippen molar-refractivity contribution in [2.75, 3.05) is 93.4 Å². The standard InChI is InChI=1S/C57H69BF2N8O8/c1-40-53(44-13-15-49(63-34-44)38-65(5)36-47-11-7-9-17-61-47)42(3)67-56(40)55(46-31-51(75-29-27-73-25-23-71-21-19-69)33-52(32-46)76-30-28-74-26-24-72-22-20-70)57-41(2)54(43(4)68(57)58(67,59)60)45-14-16-50(64-35-45)39-66(6)37-48-12-8-10-18-62-48/h7-18,31-35,69-70H,19-30,36-39H2,1-6H3. The van der Waals surface area contributed by atoms with E-state index in [2.05, 4.69) is 19.8 Å². The van der Waals surface area contributed by atoms with Crippen LogP contribution in [0.25, 0.3) is 22.3 Å². The summed E-state index contributed by atoms with van der Waals surface area (Å²) in [5.74, 6) is 0.893. The van der Waals surface area contributed by atoms with Crippen molar-refractivity contribution in [1.29, 1.82) is 0 Å². The molecule has 0 amide bonds. The topological polar surface area (TPSA) is 162 Å². The minimum Gasteiger partial charge on any atom is -0.491 e. The quantitative estimate of drug-likeness (QED) is 0.0354. The van der Waals surface area contributed by atoms with Crippen molar-refractivity contribution in [3.8, 4) is 22.6 Å². The van der Waals surface area contributed by atoms with Gasteiger partial charge in [0, 0.05) is 91.9 Å². The highest BCUT2D eigenvalue weighted by molar-refractivity contribution is 6.59. The molecule has 0 bridgehead atoms. The molecule has 8 rings (SSSR count). The van der Waals surface area contributed by atoms with Crippen LogP contribution in [0.1, 0.15) is 64.7 Å². The van der Waals surface area contributed by atoms with Crippen LogP contribution >= 0.6 is 0 Å². The van der Waals surface area contributed by atoms with E-state index >= 15 is 8.63 Å². The number of aliphatic hydroxyl groups is 2.